The van der Waals surface area contributed by atoms with E-state index in [1.54, 1.807) is 4.90 Å². The number of aryl methyl sites for hydroxylation is 1. The van der Waals surface area contributed by atoms with E-state index in [1.165, 1.54) is 0 Å². The molecule has 2 saturated heterocycles. The fraction of sp³-hybridized carbons (Fsp3) is 0.545. The first-order valence-electron chi connectivity index (χ1n) is 16.0. The molecule has 11 heteroatoms. The van der Waals surface area contributed by atoms with Crippen molar-refractivity contribution in [2.45, 2.75) is 37.7 Å². The zero-order valence-electron chi connectivity index (χ0n) is 25.7. The molecular weight excluding hydrogens is 558 g/mol. The summed E-state index contributed by atoms with van der Waals surface area (Å²) in [6, 6.07) is 15.8. The van der Waals surface area contributed by atoms with Crippen LogP contribution in [0.2, 0.25) is 0 Å². The van der Waals surface area contributed by atoms with Gasteiger partial charge in [-0.25, -0.2) is 0 Å². The van der Waals surface area contributed by atoms with E-state index >= 15 is 0 Å². The third-order valence-corrected chi connectivity index (χ3v) is 9.10. The Labute approximate surface area is 260 Å². The van der Waals surface area contributed by atoms with Crippen LogP contribution in [0.5, 0.6) is 0 Å². The first-order chi connectivity index (χ1) is 21.4. The van der Waals surface area contributed by atoms with Crippen molar-refractivity contribution in [3.8, 4) is 0 Å². The summed E-state index contributed by atoms with van der Waals surface area (Å²) in [5.74, 6) is 0.0315. The van der Waals surface area contributed by atoms with Gasteiger partial charge >= 0.3 is 0 Å². The molecule has 5 rings (SSSR count). The number of nitrogens with one attached hydrogen (secondary N) is 3. The lowest BCUT2D eigenvalue weighted by atomic mass is 9.90. The van der Waals surface area contributed by atoms with Gasteiger partial charge in [-0.1, -0.05) is 30.3 Å². The summed E-state index contributed by atoms with van der Waals surface area (Å²) in [6.07, 6.45) is 3.82. The molecule has 0 bridgehead atoms. The van der Waals surface area contributed by atoms with E-state index < -0.39 is 5.60 Å². The molecule has 0 atom stereocenters. The van der Waals surface area contributed by atoms with Crippen molar-refractivity contribution >= 4 is 29.6 Å². The van der Waals surface area contributed by atoms with Crippen LogP contribution in [0, 0.1) is 0 Å². The summed E-state index contributed by atoms with van der Waals surface area (Å²) in [5.41, 5.74) is 2.53. The number of hydrogen-bond donors (Lipinski definition) is 4. The third-order valence-electron chi connectivity index (χ3n) is 9.10. The van der Waals surface area contributed by atoms with Gasteiger partial charge < -0.3 is 35.8 Å². The summed E-state index contributed by atoms with van der Waals surface area (Å²) in [5, 5.41) is 20.9. The molecular formula is C33H47N7O4. The van der Waals surface area contributed by atoms with Gasteiger partial charge in [0.2, 0.25) is 12.3 Å². The molecule has 3 heterocycles. The van der Waals surface area contributed by atoms with Gasteiger partial charge in [-0.15, -0.1) is 0 Å². The molecule has 3 aliphatic rings. The van der Waals surface area contributed by atoms with Crippen LogP contribution in [-0.4, -0.2) is 127 Å². The number of carbonyl (C=O) groups is 3. The van der Waals surface area contributed by atoms with Gasteiger partial charge in [-0.2, -0.15) is 0 Å². The normalized spacial score (nSPS) is 18.8. The maximum atomic E-state index is 13.3. The lowest BCUT2D eigenvalue weighted by Gasteiger charge is -2.42. The van der Waals surface area contributed by atoms with E-state index in [0.717, 1.165) is 82.1 Å². The van der Waals surface area contributed by atoms with Crippen LogP contribution in [0.3, 0.4) is 0 Å². The number of hydrogen-bond acceptors (Lipinski definition) is 8. The Morgan fingerprint density at radius 2 is 1.68 bits per heavy atom. The molecule has 3 aliphatic heterocycles. The molecule has 2 fully saturated rings. The standard InChI is InChI=1S/C33H47N7O4/c41-26-34-13-4-15-37-19-21-38(22-20-37)18-14-35-28-8-9-29-30(23-28)36-25-40(32(29)43)24-33(44)11-16-39(17-12-33)31(42)10-7-27-5-2-1-3-6-27/h1-3,5-6,8-9,23,26,35-36,44H,4,7,10-22,24-25H2,(H,34,41). The Morgan fingerprint density at radius 1 is 0.955 bits per heavy atom. The average Bonchev–Trinajstić information content (AvgIpc) is 3.05. The SMILES string of the molecule is O=CNCCCN1CCN(CCNc2ccc3c(c2)NCN(CC2(O)CCN(C(=O)CCc4ccccc4)CC2)C3=O)CC1. The molecule has 0 aromatic heterocycles. The highest BCUT2D eigenvalue weighted by atomic mass is 16.3. The van der Waals surface area contributed by atoms with Crippen LogP contribution in [0.25, 0.3) is 0 Å². The van der Waals surface area contributed by atoms with Crippen LogP contribution in [-0.2, 0) is 16.0 Å². The van der Waals surface area contributed by atoms with Crippen molar-refractivity contribution in [3.05, 3.63) is 59.7 Å². The lowest BCUT2D eigenvalue weighted by molar-refractivity contribution is -0.135. The Hall–Kier alpha value is -3.67. The quantitative estimate of drug-likeness (QED) is 0.190. The summed E-state index contributed by atoms with van der Waals surface area (Å²) in [4.78, 5) is 44.9. The molecule has 0 unspecified atom stereocenters. The lowest BCUT2D eigenvalue weighted by Crippen LogP contribution is -2.54. The molecule has 238 valence electrons. The van der Waals surface area contributed by atoms with Crippen molar-refractivity contribution in [1.82, 2.24) is 24.9 Å². The van der Waals surface area contributed by atoms with E-state index in [4.69, 9.17) is 0 Å². The number of amides is 3. The third kappa shape index (κ3) is 8.71. The van der Waals surface area contributed by atoms with Gasteiger partial charge in [0, 0.05) is 71.0 Å². The number of aliphatic hydroxyl groups is 1. The average molecular weight is 606 g/mol. The highest BCUT2D eigenvalue weighted by Gasteiger charge is 2.38. The molecule has 4 N–H and O–H groups in total. The Morgan fingerprint density at radius 3 is 2.41 bits per heavy atom. The fourth-order valence-corrected chi connectivity index (χ4v) is 6.34. The van der Waals surface area contributed by atoms with Crippen LogP contribution in [0.4, 0.5) is 11.4 Å². The summed E-state index contributed by atoms with van der Waals surface area (Å²) in [7, 11) is 0. The number of likely N-dealkylation sites (tertiary alicyclic amines) is 1. The predicted molar refractivity (Wildman–Crippen MR) is 172 cm³/mol. The minimum Gasteiger partial charge on any atom is -0.388 e. The Kier molecular flexibility index (Phi) is 11.1. The van der Waals surface area contributed by atoms with Gasteiger partial charge in [0.15, 0.2) is 0 Å². The van der Waals surface area contributed by atoms with Gasteiger partial charge in [0.25, 0.3) is 5.91 Å². The molecule has 0 spiro atoms. The summed E-state index contributed by atoms with van der Waals surface area (Å²) < 4.78 is 0. The van der Waals surface area contributed by atoms with Gasteiger partial charge in [0.1, 0.15) is 0 Å². The zero-order chi connectivity index (χ0) is 30.8. The van der Waals surface area contributed by atoms with Crippen LogP contribution in [0.1, 0.15) is 41.6 Å². The van der Waals surface area contributed by atoms with Crippen molar-refractivity contribution in [2.24, 2.45) is 0 Å². The second-order valence-corrected chi connectivity index (χ2v) is 12.2. The maximum Gasteiger partial charge on any atom is 0.257 e. The van der Waals surface area contributed by atoms with Crippen molar-refractivity contribution in [2.75, 3.05) is 89.3 Å². The highest BCUT2D eigenvalue weighted by molar-refractivity contribution is 6.02. The first-order valence-corrected chi connectivity index (χ1v) is 16.0. The number of benzene rings is 2. The molecule has 0 aliphatic carbocycles. The number of anilines is 2. The molecule has 0 saturated carbocycles. The Balaban J connectivity index is 1.02. The smallest absolute Gasteiger partial charge is 0.257 e. The number of piperidine rings is 1. The minimum atomic E-state index is -1.01. The molecule has 3 amide bonds. The van der Waals surface area contributed by atoms with E-state index in [2.05, 4.69) is 25.8 Å². The number of β-amino-alcohol motifs (C(OH)–C–C–N with tert-alkyl or cyclic N) is 1. The van der Waals surface area contributed by atoms with E-state index in [0.29, 0.717) is 51.0 Å². The van der Waals surface area contributed by atoms with Crippen molar-refractivity contribution in [3.63, 3.8) is 0 Å². The number of nitrogens with zero attached hydrogens (tertiary/aromatic N) is 4. The van der Waals surface area contributed by atoms with Gasteiger partial charge in [-0.3, -0.25) is 19.3 Å². The molecule has 11 nitrogen and oxygen atoms in total. The van der Waals surface area contributed by atoms with Crippen molar-refractivity contribution in [1.29, 1.82) is 0 Å². The maximum absolute atomic E-state index is 13.3. The largest absolute Gasteiger partial charge is 0.388 e. The molecule has 0 radical (unpaired) electrons. The number of rotatable bonds is 14. The molecule has 2 aromatic rings. The topological polar surface area (TPSA) is 120 Å². The van der Waals surface area contributed by atoms with Crippen LogP contribution < -0.4 is 16.0 Å². The van der Waals surface area contributed by atoms with E-state index in [-0.39, 0.29) is 18.4 Å². The molecule has 2 aromatic carbocycles. The van der Waals surface area contributed by atoms with Gasteiger partial charge in [0.05, 0.1) is 30.1 Å². The monoisotopic (exact) mass is 605 g/mol. The van der Waals surface area contributed by atoms with E-state index in [9.17, 15) is 19.5 Å². The second kappa shape index (κ2) is 15.4. The van der Waals surface area contributed by atoms with E-state index in [1.807, 2.05) is 53.4 Å². The van der Waals surface area contributed by atoms with Crippen molar-refractivity contribution < 1.29 is 19.5 Å². The second-order valence-electron chi connectivity index (χ2n) is 12.2. The first kappa shape index (κ1) is 31.7. The fourth-order valence-electron chi connectivity index (χ4n) is 6.34. The summed E-state index contributed by atoms with van der Waals surface area (Å²) in [6.45, 7) is 9.26. The zero-order valence-corrected chi connectivity index (χ0v) is 25.7. The minimum absolute atomic E-state index is 0.0834. The predicted octanol–water partition coefficient (Wildman–Crippen LogP) is 1.66. The van der Waals surface area contributed by atoms with Crippen LogP contribution >= 0.6 is 0 Å². The van der Waals surface area contributed by atoms with Crippen LogP contribution in [0.15, 0.2) is 48.5 Å². The number of fused-ring (bicyclic) bond motifs is 1. The number of carbonyl (C=O) groups excluding carboxylic acids is 3. The Bertz CT molecular complexity index is 1240. The summed E-state index contributed by atoms with van der Waals surface area (Å²) >= 11 is 0. The van der Waals surface area contributed by atoms with Gasteiger partial charge in [-0.05, 0) is 56.0 Å². The number of piperazine rings is 1. The molecule has 44 heavy (non-hydrogen) atoms. The highest BCUT2D eigenvalue weighted by Crippen LogP contribution is 2.29.